The molecule has 0 aliphatic heterocycles. The number of benzene rings is 2. The summed E-state index contributed by atoms with van der Waals surface area (Å²) in [4.78, 5) is 17.0. The fraction of sp³-hybridized carbons (Fsp3) is 0.227. The van der Waals surface area contributed by atoms with E-state index in [1.165, 1.54) is 24.3 Å². The van der Waals surface area contributed by atoms with Gasteiger partial charge in [-0.05, 0) is 53.9 Å². The van der Waals surface area contributed by atoms with Crippen molar-refractivity contribution in [1.29, 1.82) is 0 Å². The predicted molar refractivity (Wildman–Crippen MR) is 114 cm³/mol. The molecule has 0 saturated carbocycles. The van der Waals surface area contributed by atoms with Crippen LogP contribution in [-0.2, 0) is 0 Å². The number of carbonyl (C=O) groups excluding carboxylic acids is 1. The van der Waals surface area contributed by atoms with Gasteiger partial charge >= 0.3 is 0 Å². The molecular formula is C22H21ClF2N4O. The summed E-state index contributed by atoms with van der Waals surface area (Å²) in [6.07, 6.45) is 1.41. The van der Waals surface area contributed by atoms with Crippen LogP contribution in [-0.4, -0.2) is 21.9 Å². The number of halogens is 3. The summed E-state index contributed by atoms with van der Waals surface area (Å²) < 4.78 is 26.8. The van der Waals surface area contributed by atoms with Crippen molar-refractivity contribution in [1.82, 2.24) is 15.5 Å². The Morgan fingerprint density at radius 1 is 1.20 bits per heavy atom. The largest absolute Gasteiger partial charge is 0.310 e. The van der Waals surface area contributed by atoms with Crippen molar-refractivity contribution in [3.8, 4) is 11.3 Å². The molecule has 3 aromatic rings. The molecule has 1 amide bonds. The third-order valence-electron chi connectivity index (χ3n) is 4.65. The lowest BCUT2D eigenvalue weighted by atomic mass is 10.0. The normalized spacial score (nSPS) is 12.6. The van der Waals surface area contributed by atoms with Gasteiger partial charge in [-0.3, -0.25) is 9.89 Å². The number of nitrogens with zero attached hydrogens (tertiary/aromatic N) is 2. The number of amides is 1. The molecule has 0 radical (unpaired) electrons. The number of aromatic amines is 1. The molecule has 1 aromatic heterocycles. The molecule has 8 heteroatoms. The van der Waals surface area contributed by atoms with Gasteiger partial charge in [0.2, 0.25) is 0 Å². The number of H-pyrrole nitrogens is 1. The van der Waals surface area contributed by atoms with Gasteiger partial charge in [0.15, 0.2) is 5.82 Å². The van der Waals surface area contributed by atoms with E-state index >= 15 is 0 Å². The Balaban J connectivity index is 1.84. The van der Waals surface area contributed by atoms with Gasteiger partial charge in [-0.2, -0.15) is 5.10 Å². The third kappa shape index (κ3) is 5.51. The Morgan fingerprint density at radius 3 is 2.60 bits per heavy atom. The Labute approximate surface area is 178 Å². The number of nitrogens with one attached hydrogen (secondary N) is 2. The van der Waals surface area contributed by atoms with Crippen molar-refractivity contribution >= 4 is 29.2 Å². The zero-order valence-electron chi connectivity index (χ0n) is 16.5. The van der Waals surface area contributed by atoms with Crippen LogP contribution in [0.1, 0.15) is 37.0 Å². The lowest BCUT2D eigenvalue weighted by molar-refractivity contribution is 0.0975. The average Bonchev–Trinajstić information content (AvgIpc) is 3.18. The Hall–Kier alpha value is -3.06. The van der Waals surface area contributed by atoms with Crippen LogP contribution in [0.25, 0.3) is 11.3 Å². The molecule has 3 rings (SSSR count). The smallest absolute Gasteiger partial charge is 0.256 e. The van der Waals surface area contributed by atoms with Crippen molar-refractivity contribution in [2.75, 3.05) is 0 Å². The second-order valence-corrected chi connectivity index (χ2v) is 7.41. The van der Waals surface area contributed by atoms with Crippen LogP contribution in [0.3, 0.4) is 0 Å². The summed E-state index contributed by atoms with van der Waals surface area (Å²) in [7, 11) is 0. The van der Waals surface area contributed by atoms with Crippen molar-refractivity contribution in [3.05, 3.63) is 70.8 Å². The highest BCUT2D eigenvalue weighted by Crippen LogP contribution is 2.22. The SMILES string of the molecule is CCC(C)CC(=Nc1cc(-c2ccc(F)cc2)[nH]n1)NC(=O)c1ccc(Cl)c(F)c1. The molecule has 0 saturated heterocycles. The monoisotopic (exact) mass is 430 g/mol. The molecule has 2 aromatic carbocycles. The second kappa shape index (κ2) is 9.63. The molecule has 1 atom stereocenters. The first-order chi connectivity index (χ1) is 14.4. The number of aliphatic imine (C=N–C) groups is 1. The number of hydrogen-bond donors (Lipinski definition) is 2. The summed E-state index contributed by atoms with van der Waals surface area (Å²) in [5.41, 5.74) is 1.57. The van der Waals surface area contributed by atoms with Crippen LogP contribution in [0, 0.1) is 17.6 Å². The number of aromatic nitrogens is 2. The number of amidine groups is 1. The quantitative estimate of drug-likeness (QED) is 0.377. The van der Waals surface area contributed by atoms with Crippen molar-refractivity contribution in [2.24, 2.45) is 10.9 Å². The zero-order chi connectivity index (χ0) is 21.7. The second-order valence-electron chi connectivity index (χ2n) is 7.01. The minimum atomic E-state index is -0.666. The van der Waals surface area contributed by atoms with Crippen LogP contribution in [0.15, 0.2) is 53.5 Å². The van der Waals surface area contributed by atoms with E-state index in [2.05, 4.69) is 20.5 Å². The maximum absolute atomic E-state index is 13.7. The number of carbonyl (C=O) groups is 1. The number of rotatable bonds is 6. The standard InChI is InChI=1S/C22H21ClF2N4O/c1-3-13(2)10-20(27-22(30)15-6-9-17(23)18(25)11-15)26-21-12-19(28-29-21)14-4-7-16(24)8-5-14/h4-9,11-13H,3,10H2,1-2H3,(H2,26,27,28,29,30). The van der Waals surface area contributed by atoms with E-state index in [4.69, 9.17) is 11.6 Å². The third-order valence-corrected chi connectivity index (χ3v) is 4.95. The molecule has 2 N–H and O–H groups in total. The first-order valence-corrected chi connectivity index (χ1v) is 9.88. The fourth-order valence-electron chi connectivity index (χ4n) is 2.72. The molecular weight excluding hydrogens is 410 g/mol. The lowest BCUT2D eigenvalue weighted by Gasteiger charge is -2.12. The number of hydrogen-bond acceptors (Lipinski definition) is 3. The summed E-state index contributed by atoms with van der Waals surface area (Å²) in [5, 5.41) is 9.71. The highest BCUT2D eigenvalue weighted by molar-refractivity contribution is 6.30. The minimum absolute atomic E-state index is 0.0510. The van der Waals surface area contributed by atoms with Gasteiger partial charge in [0.05, 0.1) is 10.7 Å². The molecule has 0 fully saturated rings. The van der Waals surface area contributed by atoms with Gasteiger partial charge in [-0.1, -0.05) is 31.9 Å². The predicted octanol–water partition coefficient (Wildman–Crippen LogP) is 5.90. The molecule has 0 bridgehead atoms. The highest BCUT2D eigenvalue weighted by atomic mass is 35.5. The van der Waals surface area contributed by atoms with E-state index in [9.17, 15) is 13.6 Å². The van der Waals surface area contributed by atoms with Crippen LogP contribution in [0.4, 0.5) is 14.6 Å². The summed E-state index contributed by atoms with van der Waals surface area (Å²) in [6.45, 7) is 4.08. The summed E-state index contributed by atoms with van der Waals surface area (Å²) in [5.74, 6) is -0.421. The van der Waals surface area contributed by atoms with Crippen LogP contribution in [0.5, 0.6) is 0 Å². The Kier molecular flexibility index (Phi) is 6.95. The minimum Gasteiger partial charge on any atom is -0.310 e. The van der Waals surface area contributed by atoms with E-state index in [-0.39, 0.29) is 22.3 Å². The van der Waals surface area contributed by atoms with Gasteiger partial charge in [0.1, 0.15) is 17.5 Å². The first kappa shape index (κ1) is 21.6. The van der Waals surface area contributed by atoms with E-state index in [0.29, 0.717) is 23.8 Å². The average molecular weight is 431 g/mol. The van der Waals surface area contributed by atoms with E-state index in [1.54, 1.807) is 18.2 Å². The van der Waals surface area contributed by atoms with Crippen LogP contribution in [0.2, 0.25) is 5.02 Å². The molecule has 30 heavy (non-hydrogen) atoms. The Bertz CT molecular complexity index is 1060. The molecule has 156 valence electrons. The fourth-order valence-corrected chi connectivity index (χ4v) is 2.84. The molecule has 0 aliphatic rings. The van der Waals surface area contributed by atoms with E-state index < -0.39 is 11.7 Å². The Morgan fingerprint density at radius 2 is 1.93 bits per heavy atom. The molecule has 1 unspecified atom stereocenters. The van der Waals surface area contributed by atoms with E-state index in [1.807, 2.05) is 13.8 Å². The zero-order valence-corrected chi connectivity index (χ0v) is 17.3. The van der Waals surface area contributed by atoms with Gasteiger partial charge < -0.3 is 5.32 Å². The maximum atomic E-state index is 13.7. The highest BCUT2D eigenvalue weighted by Gasteiger charge is 2.14. The summed E-state index contributed by atoms with van der Waals surface area (Å²) >= 11 is 5.68. The molecule has 0 aliphatic carbocycles. The van der Waals surface area contributed by atoms with Crippen LogP contribution < -0.4 is 5.32 Å². The van der Waals surface area contributed by atoms with Gasteiger partial charge in [-0.15, -0.1) is 0 Å². The lowest BCUT2D eigenvalue weighted by Crippen LogP contribution is -2.31. The van der Waals surface area contributed by atoms with Crippen molar-refractivity contribution in [3.63, 3.8) is 0 Å². The van der Waals surface area contributed by atoms with Gasteiger partial charge in [0, 0.05) is 18.1 Å². The maximum Gasteiger partial charge on any atom is 0.256 e. The topological polar surface area (TPSA) is 70.1 Å². The van der Waals surface area contributed by atoms with Crippen molar-refractivity contribution < 1.29 is 13.6 Å². The first-order valence-electron chi connectivity index (χ1n) is 9.51. The molecule has 1 heterocycles. The molecule has 0 spiro atoms. The molecule has 5 nitrogen and oxygen atoms in total. The van der Waals surface area contributed by atoms with Gasteiger partial charge in [0.25, 0.3) is 5.91 Å². The summed E-state index contributed by atoms with van der Waals surface area (Å²) in [6, 6.07) is 11.6. The van der Waals surface area contributed by atoms with Crippen molar-refractivity contribution in [2.45, 2.75) is 26.7 Å². The van der Waals surface area contributed by atoms with Crippen LogP contribution >= 0.6 is 11.6 Å². The van der Waals surface area contributed by atoms with E-state index in [0.717, 1.165) is 18.1 Å². The van der Waals surface area contributed by atoms with Gasteiger partial charge in [-0.25, -0.2) is 13.8 Å².